The summed E-state index contributed by atoms with van der Waals surface area (Å²) in [7, 11) is 0. The molecule has 0 amide bonds. The van der Waals surface area contributed by atoms with Crippen LogP contribution in [0.15, 0.2) is 22.1 Å². The molecule has 0 aromatic rings. The van der Waals surface area contributed by atoms with Gasteiger partial charge in [0.1, 0.15) is 13.0 Å². The smallest absolute Gasteiger partial charge is 0.233 e. The quantitative estimate of drug-likeness (QED) is 0.459. The first-order valence-electron chi connectivity index (χ1n) is 2.64. The molecular formula is C5H5N3O. The van der Waals surface area contributed by atoms with Crippen LogP contribution in [-0.4, -0.2) is 24.1 Å². The first-order valence-corrected chi connectivity index (χ1v) is 2.64. The van der Waals surface area contributed by atoms with Crippen molar-refractivity contribution < 1.29 is 4.84 Å². The maximum absolute atomic E-state index is 4.82. The average Bonchev–Trinajstić information content (AvgIpc) is 2.33. The van der Waals surface area contributed by atoms with E-state index in [1.807, 2.05) is 4.90 Å². The predicted molar refractivity (Wildman–Crippen MR) is 32.9 cm³/mol. The maximum atomic E-state index is 4.82. The van der Waals surface area contributed by atoms with Crippen molar-refractivity contribution in [2.24, 2.45) is 10.1 Å². The zero-order valence-corrected chi connectivity index (χ0v) is 4.69. The van der Waals surface area contributed by atoms with E-state index in [4.69, 9.17) is 4.84 Å². The fourth-order valence-corrected chi connectivity index (χ4v) is 0.728. The molecule has 0 aromatic heterocycles. The van der Waals surface area contributed by atoms with E-state index in [2.05, 4.69) is 10.1 Å². The summed E-state index contributed by atoms with van der Waals surface area (Å²) in [4.78, 5) is 10.6. The largest absolute Gasteiger partial charge is 0.337 e. The number of allylic oxidation sites excluding steroid dienone is 1. The molecule has 0 radical (unpaired) electrons. The van der Waals surface area contributed by atoms with Crippen LogP contribution in [0.5, 0.6) is 0 Å². The van der Waals surface area contributed by atoms with Crippen LogP contribution >= 0.6 is 0 Å². The van der Waals surface area contributed by atoms with Crippen LogP contribution < -0.4 is 0 Å². The molecule has 0 saturated carbocycles. The zero-order chi connectivity index (χ0) is 6.10. The van der Waals surface area contributed by atoms with E-state index >= 15 is 0 Å². The lowest BCUT2D eigenvalue weighted by Crippen LogP contribution is -2.19. The molecule has 0 bridgehead atoms. The molecule has 0 spiro atoms. The van der Waals surface area contributed by atoms with Crippen molar-refractivity contribution >= 4 is 12.6 Å². The second kappa shape index (κ2) is 1.58. The van der Waals surface area contributed by atoms with Gasteiger partial charge in [0.25, 0.3) is 0 Å². The summed E-state index contributed by atoms with van der Waals surface area (Å²) in [5.74, 6) is 0.755. The fraction of sp³-hybridized carbons (Fsp3) is 0.200. The number of hydrogen-bond donors (Lipinski definition) is 0. The second-order valence-corrected chi connectivity index (χ2v) is 1.76. The first kappa shape index (κ1) is 4.55. The summed E-state index contributed by atoms with van der Waals surface area (Å²) >= 11 is 0. The minimum absolute atomic E-state index is 0.620. The van der Waals surface area contributed by atoms with E-state index in [0.29, 0.717) is 6.67 Å². The van der Waals surface area contributed by atoms with E-state index in [1.165, 1.54) is 0 Å². The summed E-state index contributed by atoms with van der Waals surface area (Å²) in [6, 6.07) is 0. The van der Waals surface area contributed by atoms with E-state index in [9.17, 15) is 0 Å². The number of aliphatic imine (C=N–C) groups is 1. The Morgan fingerprint density at radius 1 is 1.67 bits per heavy atom. The molecule has 4 heteroatoms. The van der Waals surface area contributed by atoms with Gasteiger partial charge in [-0.3, -0.25) is 9.89 Å². The maximum Gasteiger partial charge on any atom is 0.233 e. The highest BCUT2D eigenvalue weighted by Gasteiger charge is 2.15. The summed E-state index contributed by atoms with van der Waals surface area (Å²) in [6.45, 7) is 0.620. The molecule has 2 aliphatic heterocycles. The molecule has 2 heterocycles. The third kappa shape index (κ3) is 0.595. The van der Waals surface area contributed by atoms with Crippen molar-refractivity contribution in [1.29, 1.82) is 0 Å². The molecule has 0 saturated heterocycles. The molecule has 0 N–H and O–H groups in total. The van der Waals surface area contributed by atoms with Crippen LogP contribution in [0, 0.1) is 0 Å². The van der Waals surface area contributed by atoms with Gasteiger partial charge in [0, 0.05) is 12.3 Å². The second-order valence-electron chi connectivity index (χ2n) is 1.76. The Kier molecular flexibility index (Phi) is 0.798. The monoisotopic (exact) mass is 123 g/mol. The van der Waals surface area contributed by atoms with E-state index < -0.39 is 0 Å². The molecular weight excluding hydrogens is 118 g/mol. The van der Waals surface area contributed by atoms with Gasteiger partial charge < -0.3 is 4.84 Å². The molecule has 2 rings (SSSR count). The molecule has 9 heavy (non-hydrogen) atoms. The van der Waals surface area contributed by atoms with Gasteiger partial charge in [0.05, 0.1) is 0 Å². The van der Waals surface area contributed by atoms with Gasteiger partial charge in [-0.15, -0.1) is 0 Å². The molecule has 0 unspecified atom stereocenters. The van der Waals surface area contributed by atoms with Gasteiger partial charge >= 0.3 is 0 Å². The summed E-state index contributed by atoms with van der Waals surface area (Å²) < 4.78 is 0. The van der Waals surface area contributed by atoms with Crippen LogP contribution in [0.1, 0.15) is 0 Å². The van der Waals surface area contributed by atoms with Crippen molar-refractivity contribution in [3.05, 3.63) is 12.0 Å². The van der Waals surface area contributed by atoms with Crippen molar-refractivity contribution in [3.63, 3.8) is 0 Å². The molecule has 0 aliphatic carbocycles. The van der Waals surface area contributed by atoms with Gasteiger partial charge in [-0.2, -0.15) is 0 Å². The van der Waals surface area contributed by atoms with Crippen molar-refractivity contribution in [1.82, 2.24) is 4.90 Å². The Morgan fingerprint density at radius 2 is 2.67 bits per heavy atom. The highest BCUT2D eigenvalue weighted by Crippen LogP contribution is 2.11. The third-order valence-corrected chi connectivity index (χ3v) is 1.17. The lowest BCUT2D eigenvalue weighted by molar-refractivity contribution is 0.198. The Hall–Kier alpha value is -1.32. The SMILES string of the molecule is C1=NCN2C=NOC2=C1. The van der Waals surface area contributed by atoms with Crippen LogP contribution in [0.3, 0.4) is 0 Å². The lowest BCUT2D eigenvalue weighted by Gasteiger charge is -2.12. The lowest BCUT2D eigenvalue weighted by atomic mass is 10.5. The molecule has 0 fully saturated rings. The summed E-state index contributed by atoms with van der Waals surface area (Å²) in [5, 5.41) is 3.58. The Morgan fingerprint density at radius 3 is 3.56 bits per heavy atom. The number of nitrogens with zero attached hydrogens (tertiary/aromatic N) is 3. The number of rotatable bonds is 0. The van der Waals surface area contributed by atoms with Gasteiger partial charge in [-0.1, -0.05) is 5.16 Å². The molecule has 46 valence electrons. The number of hydrogen-bond acceptors (Lipinski definition) is 4. The molecule has 0 aromatic carbocycles. The van der Waals surface area contributed by atoms with Crippen LogP contribution in [0.4, 0.5) is 0 Å². The number of fused-ring (bicyclic) bond motifs is 1. The highest BCUT2D eigenvalue weighted by atomic mass is 16.7. The van der Waals surface area contributed by atoms with E-state index in [-0.39, 0.29) is 0 Å². The molecule has 4 nitrogen and oxygen atoms in total. The van der Waals surface area contributed by atoms with Crippen molar-refractivity contribution in [2.45, 2.75) is 0 Å². The average molecular weight is 123 g/mol. The fourth-order valence-electron chi connectivity index (χ4n) is 0.728. The van der Waals surface area contributed by atoms with E-state index in [0.717, 1.165) is 5.88 Å². The molecule has 0 atom stereocenters. The predicted octanol–water partition coefficient (Wildman–Crippen LogP) is 0.145. The Balaban J connectivity index is 2.29. The Labute approximate surface area is 52.1 Å². The standard InChI is InChI=1S/C5H5N3O/c1-2-6-3-8-4-7-9-5(1)8/h1-2,4H,3H2. The zero-order valence-electron chi connectivity index (χ0n) is 4.69. The van der Waals surface area contributed by atoms with Crippen molar-refractivity contribution in [2.75, 3.05) is 6.67 Å². The van der Waals surface area contributed by atoms with E-state index in [1.54, 1.807) is 18.6 Å². The van der Waals surface area contributed by atoms with Gasteiger partial charge in [-0.05, 0) is 0 Å². The van der Waals surface area contributed by atoms with Crippen LogP contribution in [0.2, 0.25) is 0 Å². The minimum atomic E-state index is 0.620. The third-order valence-electron chi connectivity index (χ3n) is 1.17. The minimum Gasteiger partial charge on any atom is -0.337 e. The highest BCUT2D eigenvalue weighted by molar-refractivity contribution is 5.75. The molecule has 2 aliphatic rings. The van der Waals surface area contributed by atoms with Crippen LogP contribution in [0.25, 0.3) is 0 Å². The normalized spacial score (nSPS) is 21.3. The van der Waals surface area contributed by atoms with Gasteiger partial charge in [0.15, 0.2) is 0 Å². The summed E-state index contributed by atoms with van der Waals surface area (Å²) in [5.41, 5.74) is 0. The number of oxime groups is 1. The first-order chi connectivity index (χ1) is 4.47. The summed E-state index contributed by atoms with van der Waals surface area (Å²) in [6.07, 6.45) is 5.10. The topological polar surface area (TPSA) is 37.2 Å². The van der Waals surface area contributed by atoms with Gasteiger partial charge in [0.2, 0.25) is 5.88 Å². The van der Waals surface area contributed by atoms with Crippen LogP contribution in [-0.2, 0) is 4.84 Å². The van der Waals surface area contributed by atoms with Crippen molar-refractivity contribution in [3.8, 4) is 0 Å². The Bertz CT molecular complexity index is 206. The van der Waals surface area contributed by atoms with Gasteiger partial charge in [-0.25, -0.2) is 0 Å².